The third-order valence-electron chi connectivity index (χ3n) is 2.75. The highest BCUT2D eigenvalue weighted by molar-refractivity contribution is 6.20. The summed E-state index contributed by atoms with van der Waals surface area (Å²) in [6, 6.07) is 4.00. The van der Waals surface area contributed by atoms with Crippen LogP contribution >= 0.6 is 11.6 Å². The molecule has 0 bridgehead atoms. The first-order valence-corrected chi connectivity index (χ1v) is 6.69. The zero-order valence-corrected chi connectivity index (χ0v) is 12.4. The van der Waals surface area contributed by atoms with Crippen molar-refractivity contribution in [3.63, 3.8) is 0 Å². The van der Waals surface area contributed by atoms with Gasteiger partial charge in [0, 0.05) is 12.2 Å². The highest BCUT2D eigenvalue weighted by Crippen LogP contribution is 2.27. The van der Waals surface area contributed by atoms with Crippen LogP contribution < -0.4 is 0 Å². The molecule has 0 aliphatic rings. The van der Waals surface area contributed by atoms with Crippen molar-refractivity contribution < 1.29 is 0 Å². The van der Waals surface area contributed by atoms with Crippen LogP contribution in [0.3, 0.4) is 0 Å². The van der Waals surface area contributed by atoms with Gasteiger partial charge >= 0.3 is 0 Å². The number of hydrogen-bond acceptors (Lipinski definition) is 2. The molecule has 18 heavy (non-hydrogen) atoms. The molecule has 1 unspecified atom stereocenters. The molecule has 3 nitrogen and oxygen atoms in total. The molecule has 2 heterocycles. The summed E-state index contributed by atoms with van der Waals surface area (Å²) in [5.41, 5.74) is 3.03. The number of hydrogen-bond donors (Lipinski definition) is 0. The van der Waals surface area contributed by atoms with Gasteiger partial charge in [0.15, 0.2) is 5.65 Å². The smallest absolute Gasteiger partial charge is 0.160 e. The van der Waals surface area contributed by atoms with E-state index in [9.17, 15) is 0 Å². The lowest BCUT2D eigenvalue weighted by Gasteiger charge is -2.21. The fourth-order valence-electron chi connectivity index (χ4n) is 2.05. The van der Waals surface area contributed by atoms with Crippen LogP contribution in [-0.2, 0) is 6.54 Å². The number of halogens is 1. The lowest BCUT2D eigenvalue weighted by molar-refractivity contribution is 0.342. The summed E-state index contributed by atoms with van der Waals surface area (Å²) in [6.07, 6.45) is 0. The van der Waals surface area contributed by atoms with Gasteiger partial charge in [0.25, 0.3) is 0 Å². The van der Waals surface area contributed by atoms with E-state index in [0.29, 0.717) is 0 Å². The summed E-state index contributed by atoms with van der Waals surface area (Å²) in [6.45, 7) is 11.4. The van der Waals surface area contributed by atoms with Crippen molar-refractivity contribution >= 4 is 22.8 Å². The minimum atomic E-state index is -0.109. The maximum Gasteiger partial charge on any atom is 0.160 e. The van der Waals surface area contributed by atoms with Crippen molar-refractivity contribution in [1.82, 2.24) is 14.5 Å². The van der Waals surface area contributed by atoms with E-state index in [2.05, 4.69) is 35.3 Å². The predicted molar refractivity (Wildman–Crippen MR) is 76.0 cm³/mol. The zero-order valence-electron chi connectivity index (χ0n) is 11.7. The van der Waals surface area contributed by atoms with Crippen molar-refractivity contribution in [2.45, 2.75) is 46.5 Å². The normalized spacial score (nSPS) is 14.1. The number of aryl methyl sites for hydroxylation is 1. The summed E-state index contributed by atoms with van der Waals surface area (Å²) in [4.78, 5) is 9.21. The summed E-state index contributed by atoms with van der Waals surface area (Å²) in [5.74, 6) is 0.902. The molecule has 0 aromatic carbocycles. The summed E-state index contributed by atoms with van der Waals surface area (Å²) in [7, 11) is 0. The third-order valence-corrected chi connectivity index (χ3v) is 2.94. The van der Waals surface area contributed by atoms with Crippen LogP contribution in [0.25, 0.3) is 11.2 Å². The van der Waals surface area contributed by atoms with Crippen molar-refractivity contribution in [2.24, 2.45) is 5.41 Å². The monoisotopic (exact) mass is 265 g/mol. The molecule has 0 aliphatic carbocycles. The van der Waals surface area contributed by atoms with E-state index in [1.807, 2.05) is 26.0 Å². The molecule has 2 rings (SSSR count). The van der Waals surface area contributed by atoms with Crippen LogP contribution in [0.15, 0.2) is 12.1 Å². The average Bonchev–Trinajstić information content (AvgIpc) is 2.55. The zero-order chi connectivity index (χ0) is 13.5. The van der Waals surface area contributed by atoms with E-state index in [1.54, 1.807) is 0 Å². The van der Waals surface area contributed by atoms with Gasteiger partial charge in [0.1, 0.15) is 11.3 Å². The third kappa shape index (κ3) is 2.66. The fourth-order valence-corrected chi connectivity index (χ4v) is 2.21. The van der Waals surface area contributed by atoms with Crippen molar-refractivity contribution in [3.05, 3.63) is 23.7 Å². The standard InChI is InChI=1S/C14H20ClN3/c1-9-6-7-11-13(16-9)18(8-14(3,4)5)12(17-11)10(2)15/h6-7,10H,8H2,1-5H3. The Kier molecular flexibility index (Phi) is 3.37. The molecule has 0 saturated carbocycles. The number of rotatable bonds is 2. The molecule has 1 atom stereocenters. The number of pyridine rings is 1. The first-order chi connectivity index (χ1) is 8.28. The number of imidazole rings is 1. The van der Waals surface area contributed by atoms with Gasteiger partial charge in [-0.1, -0.05) is 20.8 Å². The van der Waals surface area contributed by atoms with Crippen LogP contribution in [0.5, 0.6) is 0 Å². The van der Waals surface area contributed by atoms with Gasteiger partial charge in [0.05, 0.1) is 5.38 Å². The minimum Gasteiger partial charge on any atom is -0.311 e. The fraction of sp³-hybridized carbons (Fsp3) is 0.571. The van der Waals surface area contributed by atoms with Crippen molar-refractivity contribution in [1.29, 1.82) is 0 Å². The van der Waals surface area contributed by atoms with Crippen LogP contribution in [0.1, 0.15) is 44.6 Å². The summed E-state index contributed by atoms with van der Waals surface area (Å²) in [5, 5.41) is -0.109. The SMILES string of the molecule is Cc1ccc2nc(C(C)Cl)n(CC(C)(C)C)c2n1. The highest BCUT2D eigenvalue weighted by atomic mass is 35.5. The van der Waals surface area contributed by atoms with Gasteiger partial charge in [0.2, 0.25) is 0 Å². The van der Waals surface area contributed by atoms with Gasteiger partial charge in [-0.05, 0) is 31.4 Å². The summed E-state index contributed by atoms with van der Waals surface area (Å²) >= 11 is 6.24. The van der Waals surface area contributed by atoms with E-state index >= 15 is 0 Å². The molecule has 0 amide bonds. The number of nitrogens with zero attached hydrogens (tertiary/aromatic N) is 3. The van der Waals surface area contributed by atoms with Crippen molar-refractivity contribution in [3.8, 4) is 0 Å². The molecule has 0 fully saturated rings. The quantitative estimate of drug-likeness (QED) is 0.766. The van der Waals surface area contributed by atoms with Gasteiger partial charge in [-0.25, -0.2) is 9.97 Å². The molecule has 0 spiro atoms. The second-order valence-corrected chi connectivity index (χ2v) is 6.68. The second kappa shape index (κ2) is 4.54. The first kappa shape index (κ1) is 13.3. The maximum atomic E-state index is 6.24. The summed E-state index contributed by atoms with van der Waals surface area (Å²) < 4.78 is 2.15. The van der Waals surface area contributed by atoms with Crippen LogP contribution in [-0.4, -0.2) is 14.5 Å². The van der Waals surface area contributed by atoms with E-state index in [0.717, 1.165) is 29.2 Å². The lowest BCUT2D eigenvalue weighted by atomic mass is 9.97. The lowest BCUT2D eigenvalue weighted by Crippen LogP contribution is -2.18. The molecule has 4 heteroatoms. The highest BCUT2D eigenvalue weighted by Gasteiger charge is 2.20. The molecular weight excluding hydrogens is 246 g/mol. The number of fused-ring (bicyclic) bond motifs is 1. The van der Waals surface area contributed by atoms with Gasteiger partial charge < -0.3 is 4.57 Å². The number of aromatic nitrogens is 3. The average molecular weight is 266 g/mol. The topological polar surface area (TPSA) is 30.7 Å². The van der Waals surface area contributed by atoms with E-state index in [4.69, 9.17) is 11.6 Å². The molecular formula is C14H20ClN3. The van der Waals surface area contributed by atoms with Gasteiger partial charge in [-0.15, -0.1) is 11.6 Å². The molecule has 2 aromatic heterocycles. The Morgan fingerprint density at radius 2 is 1.94 bits per heavy atom. The van der Waals surface area contributed by atoms with Crippen molar-refractivity contribution in [2.75, 3.05) is 0 Å². The van der Waals surface area contributed by atoms with E-state index in [-0.39, 0.29) is 10.8 Å². The molecule has 0 radical (unpaired) electrons. The molecule has 0 aliphatic heterocycles. The van der Waals surface area contributed by atoms with Gasteiger partial charge in [-0.2, -0.15) is 0 Å². The molecule has 98 valence electrons. The second-order valence-electron chi connectivity index (χ2n) is 6.03. The molecule has 2 aromatic rings. The van der Waals surface area contributed by atoms with Gasteiger partial charge in [-0.3, -0.25) is 0 Å². The van der Waals surface area contributed by atoms with E-state index in [1.165, 1.54) is 0 Å². The molecule has 0 N–H and O–H groups in total. The molecule has 0 saturated heterocycles. The van der Waals surface area contributed by atoms with Crippen LogP contribution in [0.2, 0.25) is 0 Å². The Balaban J connectivity index is 2.64. The van der Waals surface area contributed by atoms with Crippen LogP contribution in [0, 0.1) is 12.3 Å². The Hall–Kier alpha value is -1.09. The largest absolute Gasteiger partial charge is 0.311 e. The van der Waals surface area contributed by atoms with E-state index < -0.39 is 0 Å². The minimum absolute atomic E-state index is 0.109. The number of alkyl halides is 1. The Morgan fingerprint density at radius 3 is 2.50 bits per heavy atom. The first-order valence-electron chi connectivity index (χ1n) is 6.26. The van der Waals surface area contributed by atoms with Crippen LogP contribution in [0.4, 0.5) is 0 Å². The Bertz CT molecular complexity index is 564. The Labute approximate surface area is 113 Å². The Morgan fingerprint density at radius 1 is 1.28 bits per heavy atom. The predicted octanol–water partition coefficient (Wildman–Crippen LogP) is 4.09. The maximum absolute atomic E-state index is 6.24.